The first-order valence-corrected chi connectivity index (χ1v) is 11.7. The molecule has 3 atom stereocenters. The lowest BCUT2D eigenvalue weighted by atomic mass is 10.3. The Hall–Kier alpha value is 2.10. The summed E-state index contributed by atoms with van der Waals surface area (Å²) in [6, 6.07) is 0. The maximum absolute atomic E-state index is 4.40. The highest BCUT2D eigenvalue weighted by Crippen LogP contribution is 2.86. The van der Waals surface area contributed by atoms with Crippen LogP contribution < -0.4 is 0 Å². The molecule has 2 aliphatic heterocycles. The SMILES string of the molecule is SCC1CSS2(C1)SCC(CS)S2. The number of hydrogen-bond donors (Lipinski definition) is 2. The average Bonchev–Trinajstić information content (AvgIpc) is 2.74. The molecule has 0 aromatic heterocycles. The molecule has 0 radical (unpaired) electrons. The van der Waals surface area contributed by atoms with Crippen LogP contribution in [0.25, 0.3) is 0 Å². The normalized spacial score (nSPS) is 49.7. The number of rotatable bonds is 2. The standard InChI is InChI=1S/C7H14S6/c8-1-6-3-10-13(5-6)11-4-7(2-9)12-13/h6-9H,1-5H2. The minimum atomic E-state index is -0.396. The second kappa shape index (κ2) is 4.95. The second-order valence-electron chi connectivity index (χ2n) is 3.24. The summed E-state index contributed by atoms with van der Waals surface area (Å²) >= 11 is 8.80. The highest BCUT2D eigenvalue weighted by atomic mass is 33.8. The fourth-order valence-corrected chi connectivity index (χ4v) is 19.4. The van der Waals surface area contributed by atoms with Crippen LogP contribution in [0.4, 0.5) is 0 Å². The summed E-state index contributed by atoms with van der Waals surface area (Å²) in [6.45, 7) is 0. The Labute approximate surface area is 104 Å². The lowest BCUT2D eigenvalue weighted by molar-refractivity contribution is 0.791. The molecule has 1 spiro atoms. The molecule has 0 bridgehead atoms. The minimum absolute atomic E-state index is 0.396. The maximum Gasteiger partial charge on any atom is 0.0338 e. The van der Waals surface area contributed by atoms with E-state index in [1.165, 1.54) is 17.3 Å². The first-order valence-electron chi connectivity index (χ1n) is 4.28. The van der Waals surface area contributed by atoms with Crippen LogP contribution in [0.2, 0.25) is 0 Å². The van der Waals surface area contributed by atoms with Crippen molar-refractivity contribution in [2.75, 3.05) is 28.8 Å². The minimum Gasteiger partial charge on any atom is -0.179 e. The molecule has 0 aliphatic carbocycles. The van der Waals surface area contributed by atoms with Gasteiger partial charge in [0.2, 0.25) is 0 Å². The average molecular weight is 291 g/mol. The van der Waals surface area contributed by atoms with Gasteiger partial charge in [-0.1, -0.05) is 39.5 Å². The van der Waals surface area contributed by atoms with E-state index in [9.17, 15) is 0 Å². The van der Waals surface area contributed by atoms with Crippen molar-refractivity contribution in [3.8, 4) is 0 Å². The van der Waals surface area contributed by atoms with Crippen molar-refractivity contribution in [1.29, 1.82) is 0 Å². The molecule has 0 saturated carbocycles. The molecule has 13 heavy (non-hydrogen) atoms. The third-order valence-corrected chi connectivity index (χ3v) is 17.9. The van der Waals surface area contributed by atoms with E-state index in [1.54, 1.807) is 0 Å². The van der Waals surface area contributed by atoms with Crippen molar-refractivity contribution in [2.24, 2.45) is 5.92 Å². The molecule has 2 heterocycles. The van der Waals surface area contributed by atoms with Gasteiger partial charge in [0.25, 0.3) is 0 Å². The van der Waals surface area contributed by atoms with Gasteiger partial charge in [-0.3, -0.25) is 0 Å². The van der Waals surface area contributed by atoms with Gasteiger partial charge in [0.05, 0.1) is 0 Å². The highest BCUT2D eigenvalue weighted by molar-refractivity contribution is 9.49. The first-order chi connectivity index (χ1) is 6.28. The lowest BCUT2D eigenvalue weighted by Gasteiger charge is -2.26. The third kappa shape index (κ3) is 2.61. The zero-order valence-electron chi connectivity index (χ0n) is 7.22. The van der Waals surface area contributed by atoms with Crippen LogP contribution in [0.15, 0.2) is 0 Å². The summed E-state index contributed by atoms with van der Waals surface area (Å²) < 4.78 is 0. The zero-order chi connectivity index (χ0) is 9.31. The van der Waals surface area contributed by atoms with Crippen molar-refractivity contribution >= 4 is 64.8 Å². The Kier molecular flexibility index (Phi) is 4.41. The molecule has 2 rings (SSSR count). The Morgan fingerprint density at radius 3 is 2.46 bits per heavy atom. The van der Waals surface area contributed by atoms with Gasteiger partial charge >= 0.3 is 0 Å². The van der Waals surface area contributed by atoms with Crippen LogP contribution in [-0.2, 0) is 0 Å². The fourth-order valence-electron chi connectivity index (χ4n) is 1.36. The van der Waals surface area contributed by atoms with Crippen LogP contribution in [0, 0.1) is 5.92 Å². The zero-order valence-corrected chi connectivity index (χ0v) is 12.3. The van der Waals surface area contributed by atoms with Crippen molar-refractivity contribution in [3.05, 3.63) is 0 Å². The van der Waals surface area contributed by atoms with Gasteiger partial charge in [-0.05, 0) is 11.7 Å². The predicted molar refractivity (Wildman–Crippen MR) is 79.9 cm³/mol. The Bertz CT molecular complexity index is 164. The highest BCUT2D eigenvalue weighted by Gasteiger charge is 2.42. The molecule has 0 nitrogen and oxygen atoms in total. The molecule has 3 unspecified atom stereocenters. The largest absolute Gasteiger partial charge is 0.179 e. The number of hydrogen-bond acceptors (Lipinski definition) is 5. The van der Waals surface area contributed by atoms with Crippen LogP contribution >= 0.6 is 64.8 Å². The van der Waals surface area contributed by atoms with Crippen molar-refractivity contribution in [1.82, 2.24) is 0 Å². The summed E-state index contributed by atoms with van der Waals surface area (Å²) in [5.41, 5.74) is 0. The Morgan fingerprint density at radius 1 is 1.15 bits per heavy atom. The maximum atomic E-state index is 4.40. The van der Waals surface area contributed by atoms with E-state index in [0.717, 1.165) is 22.7 Å². The van der Waals surface area contributed by atoms with Crippen LogP contribution in [0.1, 0.15) is 0 Å². The van der Waals surface area contributed by atoms with Crippen molar-refractivity contribution in [2.45, 2.75) is 5.25 Å². The van der Waals surface area contributed by atoms with E-state index < -0.39 is 7.12 Å². The monoisotopic (exact) mass is 290 g/mol. The van der Waals surface area contributed by atoms with Crippen molar-refractivity contribution < 1.29 is 0 Å². The smallest absolute Gasteiger partial charge is 0.0338 e. The van der Waals surface area contributed by atoms with Gasteiger partial charge in [0.15, 0.2) is 0 Å². The molecule has 2 fully saturated rings. The summed E-state index contributed by atoms with van der Waals surface area (Å²) in [5.74, 6) is 7.11. The molecular weight excluding hydrogens is 276 g/mol. The topological polar surface area (TPSA) is 0 Å². The molecule has 0 amide bonds. The second-order valence-corrected chi connectivity index (χ2v) is 16.4. The van der Waals surface area contributed by atoms with E-state index in [4.69, 9.17) is 0 Å². The molecule has 0 aromatic rings. The van der Waals surface area contributed by atoms with Crippen LogP contribution in [-0.4, -0.2) is 34.0 Å². The summed E-state index contributed by atoms with van der Waals surface area (Å²) in [4.78, 5) is 0. The Balaban J connectivity index is 1.93. The van der Waals surface area contributed by atoms with E-state index in [0.29, 0.717) is 0 Å². The summed E-state index contributed by atoms with van der Waals surface area (Å²) in [7, 11) is 6.30. The van der Waals surface area contributed by atoms with Gasteiger partial charge in [-0.25, -0.2) is 0 Å². The molecule has 78 valence electrons. The molecule has 6 heteroatoms. The molecule has 0 N–H and O–H groups in total. The van der Waals surface area contributed by atoms with Crippen molar-refractivity contribution in [3.63, 3.8) is 0 Å². The lowest BCUT2D eigenvalue weighted by Crippen LogP contribution is -2.04. The fraction of sp³-hybridized carbons (Fsp3) is 1.00. The summed E-state index contributed by atoms with van der Waals surface area (Å²) in [5, 5.41) is 0.814. The molecule has 2 saturated heterocycles. The van der Waals surface area contributed by atoms with Gasteiger partial charge in [-0.2, -0.15) is 25.3 Å². The van der Waals surface area contributed by atoms with E-state index in [2.05, 4.69) is 57.6 Å². The summed E-state index contributed by atoms with van der Waals surface area (Å²) in [6.07, 6.45) is 0. The van der Waals surface area contributed by atoms with E-state index >= 15 is 0 Å². The van der Waals surface area contributed by atoms with Gasteiger partial charge in [0, 0.05) is 28.3 Å². The molecule has 2 aliphatic rings. The molecular formula is C7H14S6. The van der Waals surface area contributed by atoms with Crippen LogP contribution in [0.3, 0.4) is 0 Å². The van der Waals surface area contributed by atoms with Gasteiger partial charge < -0.3 is 0 Å². The van der Waals surface area contributed by atoms with E-state index in [-0.39, 0.29) is 0 Å². The van der Waals surface area contributed by atoms with Gasteiger partial charge in [0.1, 0.15) is 0 Å². The Morgan fingerprint density at radius 2 is 1.92 bits per heavy atom. The predicted octanol–water partition coefficient (Wildman–Crippen LogP) is 3.61. The van der Waals surface area contributed by atoms with E-state index in [1.807, 2.05) is 0 Å². The van der Waals surface area contributed by atoms with Crippen LogP contribution in [0.5, 0.6) is 0 Å². The molecule has 0 aromatic carbocycles. The third-order valence-electron chi connectivity index (χ3n) is 2.10. The first kappa shape index (κ1) is 11.6. The number of thiol groups is 2. The van der Waals surface area contributed by atoms with Gasteiger partial charge in [-0.15, -0.1) is 0 Å². The quantitative estimate of drug-likeness (QED) is 0.589.